The molecule has 1 saturated carbocycles. The van der Waals surface area contributed by atoms with Crippen LogP contribution in [0, 0.1) is 5.92 Å². The highest BCUT2D eigenvalue weighted by molar-refractivity contribution is 5.91. The van der Waals surface area contributed by atoms with E-state index in [4.69, 9.17) is 9.52 Å². The number of carbonyl (C=O) groups is 1. The highest BCUT2D eigenvalue weighted by Gasteiger charge is 2.35. The summed E-state index contributed by atoms with van der Waals surface area (Å²) in [7, 11) is 0. The van der Waals surface area contributed by atoms with Crippen molar-refractivity contribution in [1.29, 1.82) is 0 Å². The second-order valence-electron chi connectivity index (χ2n) is 5.91. The predicted octanol–water partition coefficient (Wildman–Crippen LogP) is 1.28. The lowest BCUT2D eigenvalue weighted by molar-refractivity contribution is 0.0234. The van der Waals surface area contributed by atoms with Crippen LogP contribution in [0.3, 0.4) is 0 Å². The summed E-state index contributed by atoms with van der Waals surface area (Å²) in [6, 6.07) is 8.71. The van der Waals surface area contributed by atoms with Gasteiger partial charge in [0.25, 0.3) is 5.91 Å². The van der Waals surface area contributed by atoms with Gasteiger partial charge in [-0.25, -0.2) is 0 Å². The van der Waals surface area contributed by atoms with E-state index < -0.39 is 0 Å². The number of aliphatic hydroxyl groups is 2. The highest BCUT2D eigenvalue weighted by atomic mass is 16.4. The van der Waals surface area contributed by atoms with Crippen molar-refractivity contribution in [2.75, 3.05) is 0 Å². The topological polar surface area (TPSA) is 95.6 Å². The summed E-state index contributed by atoms with van der Waals surface area (Å²) in [6.07, 6.45) is 3.41. The third-order valence-corrected chi connectivity index (χ3v) is 4.23. The van der Waals surface area contributed by atoms with Crippen LogP contribution >= 0.6 is 0 Å². The molecule has 6 nitrogen and oxygen atoms in total. The van der Waals surface area contributed by atoms with Gasteiger partial charge in [-0.05, 0) is 43.0 Å². The molecule has 0 aromatic carbocycles. The van der Waals surface area contributed by atoms with Gasteiger partial charge < -0.3 is 19.9 Å². The predicted molar refractivity (Wildman–Crippen MR) is 82.6 cm³/mol. The molecule has 0 saturated heterocycles. The number of rotatable bonds is 6. The number of nitrogens with zero attached hydrogens (tertiary/aromatic N) is 1. The van der Waals surface area contributed by atoms with Crippen LogP contribution in [0.5, 0.6) is 0 Å². The Bertz CT molecular complexity index is 650. The maximum atomic E-state index is 12.3. The van der Waals surface area contributed by atoms with E-state index in [-0.39, 0.29) is 36.3 Å². The van der Waals surface area contributed by atoms with Gasteiger partial charge in [-0.1, -0.05) is 6.07 Å². The quantitative estimate of drug-likeness (QED) is 0.746. The zero-order chi connectivity index (χ0) is 16.2. The lowest BCUT2D eigenvalue weighted by Gasteiger charge is -2.37. The first-order valence-electron chi connectivity index (χ1n) is 7.74. The van der Waals surface area contributed by atoms with Crippen molar-refractivity contribution in [3.05, 3.63) is 53.7 Å². The van der Waals surface area contributed by atoms with Crippen molar-refractivity contribution in [3.63, 3.8) is 0 Å². The summed E-state index contributed by atoms with van der Waals surface area (Å²) in [5.41, 5.74) is 0.898. The van der Waals surface area contributed by atoms with Gasteiger partial charge in [0.05, 0.1) is 6.10 Å². The fourth-order valence-corrected chi connectivity index (χ4v) is 2.86. The minimum atomic E-state index is -0.313. The van der Waals surface area contributed by atoms with Gasteiger partial charge in [0, 0.05) is 24.4 Å². The maximum Gasteiger partial charge on any atom is 0.287 e. The number of furan rings is 1. The molecule has 0 aliphatic heterocycles. The van der Waals surface area contributed by atoms with Gasteiger partial charge >= 0.3 is 0 Å². The molecule has 23 heavy (non-hydrogen) atoms. The third-order valence-electron chi connectivity index (χ3n) is 4.23. The zero-order valence-corrected chi connectivity index (χ0v) is 12.7. The third kappa shape index (κ3) is 3.78. The van der Waals surface area contributed by atoms with Gasteiger partial charge in [-0.2, -0.15) is 0 Å². The van der Waals surface area contributed by atoms with Crippen LogP contribution in [0.4, 0.5) is 0 Å². The van der Waals surface area contributed by atoms with Crippen LogP contribution in [0.15, 0.2) is 40.9 Å². The van der Waals surface area contributed by atoms with Crippen molar-refractivity contribution in [2.24, 2.45) is 5.92 Å². The Morgan fingerprint density at radius 2 is 2.17 bits per heavy atom. The fraction of sp³-hybridized carbons (Fsp3) is 0.412. The average Bonchev–Trinajstić information content (AvgIpc) is 3.01. The molecule has 0 bridgehead atoms. The van der Waals surface area contributed by atoms with Crippen molar-refractivity contribution >= 4 is 5.91 Å². The molecule has 2 aromatic rings. The number of carbonyl (C=O) groups excluding carboxylic acids is 1. The average molecular weight is 316 g/mol. The number of nitrogens with one attached hydrogen (secondary N) is 1. The first kappa shape index (κ1) is 15.7. The summed E-state index contributed by atoms with van der Waals surface area (Å²) in [4.78, 5) is 16.6. The minimum absolute atomic E-state index is 0.108. The van der Waals surface area contributed by atoms with Crippen LogP contribution in [-0.4, -0.2) is 33.3 Å². The maximum absolute atomic E-state index is 12.3. The smallest absolute Gasteiger partial charge is 0.287 e. The molecule has 0 radical (unpaired) electrons. The van der Waals surface area contributed by atoms with Crippen molar-refractivity contribution < 1.29 is 19.4 Å². The van der Waals surface area contributed by atoms with E-state index in [1.807, 2.05) is 18.2 Å². The summed E-state index contributed by atoms with van der Waals surface area (Å²) < 4.78 is 5.27. The molecule has 1 aliphatic carbocycles. The van der Waals surface area contributed by atoms with Crippen LogP contribution in [0.25, 0.3) is 0 Å². The number of aromatic nitrogens is 1. The van der Waals surface area contributed by atoms with Crippen molar-refractivity contribution in [2.45, 2.75) is 38.0 Å². The Morgan fingerprint density at radius 3 is 2.78 bits per heavy atom. The van der Waals surface area contributed by atoms with Crippen LogP contribution < -0.4 is 5.32 Å². The van der Waals surface area contributed by atoms with Crippen LogP contribution in [0.1, 0.15) is 34.9 Å². The second kappa shape index (κ2) is 6.93. The normalized spacial score (nSPS) is 21.5. The molecule has 3 N–H and O–H groups in total. The first-order valence-corrected chi connectivity index (χ1v) is 7.74. The number of hydrogen-bond donors (Lipinski definition) is 3. The van der Waals surface area contributed by atoms with E-state index in [0.29, 0.717) is 25.0 Å². The molecule has 2 aromatic heterocycles. The minimum Gasteiger partial charge on any atom is -0.453 e. The Morgan fingerprint density at radius 1 is 1.35 bits per heavy atom. The number of aliphatic hydroxyl groups excluding tert-OH is 2. The fourth-order valence-electron chi connectivity index (χ4n) is 2.86. The Balaban J connectivity index is 1.69. The van der Waals surface area contributed by atoms with Crippen LogP contribution in [0.2, 0.25) is 0 Å². The van der Waals surface area contributed by atoms with E-state index in [0.717, 1.165) is 5.69 Å². The standard InChI is InChI=1S/C17H20N2O4/c20-10-14-4-5-16(23-14)17(22)19-15(11-7-13(21)8-11)9-12-3-1-2-6-18-12/h1-6,11,13,15,20-21H,7-10H2,(H,19,22). The molecular formula is C17H20N2O4. The molecule has 1 atom stereocenters. The lowest BCUT2D eigenvalue weighted by atomic mass is 9.76. The summed E-state index contributed by atoms with van der Waals surface area (Å²) in [5, 5.41) is 21.5. The van der Waals surface area contributed by atoms with Crippen molar-refractivity contribution in [3.8, 4) is 0 Å². The molecule has 6 heteroatoms. The van der Waals surface area contributed by atoms with Gasteiger partial charge in [-0.3, -0.25) is 9.78 Å². The molecule has 122 valence electrons. The van der Waals surface area contributed by atoms with Gasteiger partial charge in [0.1, 0.15) is 12.4 Å². The molecule has 1 fully saturated rings. The Hall–Kier alpha value is -2.18. The second-order valence-corrected chi connectivity index (χ2v) is 5.91. The number of amides is 1. The molecule has 0 spiro atoms. The van der Waals surface area contributed by atoms with Crippen molar-refractivity contribution in [1.82, 2.24) is 10.3 Å². The van der Waals surface area contributed by atoms with E-state index in [9.17, 15) is 9.90 Å². The molecule has 3 rings (SSSR count). The van der Waals surface area contributed by atoms with E-state index >= 15 is 0 Å². The molecule has 1 unspecified atom stereocenters. The molecule has 2 heterocycles. The Kier molecular flexibility index (Phi) is 4.73. The van der Waals surface area contributed by atoms with E-state index in [1.54, 1.807) is 18.3 Å². The Labute approximate surface area is 134 Å². The number of hydrogen-bond acceptors (Lipinski definition) is 5. The lowest BCUT2D eigenvalue weighted by Crippen LogP contribution is -2.48. The molecular weight excluding hydrogens is 296 g/mol. The van der Waals surface area contributed by atoms with Gasteiger partial charge in [0.2, 0.25) is 0 Å². The first-order chi connectivity index (χ1) is 11.2. The number of pyridine rings is 1. The SMILES string of the molecule is O=C(NC(Cc1ccccn1)C1CC(O)C1)c1ccc(CO)o1. The summed E-state index contributed by atoms with van der Waals surface area (Å²) >= 11 is 0. The molecule has 1 amide bonds. The molecule has 1 aliphatic rings. The summed E-state index contributed by atoms with van der Waals surface area (Å²) in [5.74, 6) is 0.450. The van der Waals surface area contributed by atoms with Gasteiger partial charge in [0.15, 0.2) is 5.76 Å². The largest absolute Gasteiger partial charge is 0.453 e. The van der Waals surface area contributed by atoms with Crippen LogP contribution in [-0.2, 0) is 13.0 Å². The zero-order valence-electron chi connectivity index (χ0n) is 12.7. The van der Waals surface area contributed by atoms with E-state index in [1.165, 1.54) is 0 Å². The highest BCUT2D eigenvalue weighted by Crippen LogP contribution is 2.31. The van der Waals surface area contributed by atoms with Gasteiger partial charge in [-0.15, -0.1) is 0 Å². The summed E-state index contributed by atoms with van der Waals surface area (Å²) in [6.45, 7) is -0.237. The monoisotopic (exact) mass is 316 g/mol. The van der Waals surface area contributed by atoms with E-state index in [2.05, 4.69) is 10.3 Å².